The van der Waals surface area contributed by atoms with Gasteiger partial charge in [0.1, 0.15) is 17.9 Å². The van der Waals surface area contributed by atoms with Crippen LogP contribution in [-0.4, -0.2) is 44.8 Å². The third kappa shape index (κ3) is 1.36. The number of amidine groups is 2. The molecular weight excluding hydrogens is 208 g/mol. The summed E-state index contributed by atoms with van der Waals surface area (Å²) in [6.07, 6.45) is 0. The van der Waals surface area contributed by atoms with Gasteiger partial charge in [0.2, 0.25) is 0 Å². The monoisotopic (exact) mass is 224 g/mol. The molecule has 0 spiro atoms. The Hall–Kier alpha value is -1.59. The topological polar surface area (TPSA) is 68.5 Å². The Morgan fingerprint density at radius 1 is 1.44 bits per heavy atom. The summed E-state index contributed by atoms with van der Waals surface area (Å²) in [6, 6.07) is 0. The Labute approximate surface area is 94.2 Å². The number of hydrogen-bond donors (Lipinski definition) is 1. The van der Waals surface area contributed by atoms with Crippen LogP contribution in [0.3, 0.4) is 0 Å². The van der Waals surface area contributed by atoms with E-state index >= 15 is 0 Å². The average molecular weight is 224 g/mol. The third-order valence-electron chi connectivity index (χ3n) is 2.76. The van der Waals surface area contributed by atoms with Crippen LogP contribution in [0.5, 0.6) is 0 Å². The SMILES string of the molecule is CC(C)C1=NN(CC(=O)O)C2=NN1C2(C)C. The smallest absolute Gasteiger partial charge is 0.325 e. The van der Waals surface area contributed by atoms with Crippen molar-refractivity contribution >= 4 is 17.6 Å². The molecule has 3 aliphatic rings. The van der Waals surface area contributed by atoms with Crippen LogP contribution in [0.15, 0.2) is 10.2 Å². The molecule has 0 saturated heterocycles. The number of rotatable bonds is 3. The molecule has 0 unspecified atom stereocenters. The average Bonchev–Trinajstić information content (AvgIpc) is 2.15. The van der Waals surface area contributed by atoms with E-state index in [1.807, 2.05) is 32.7 Å². The van der Waals surface area contributed by atoms with Crippen molar-refractivity contribution in [2.75, 3.05) is 6.54 Å². The molecule has 0 aliphatic carbocycles. The number of nitrogens with zero attached hydrogens (tertiary/aromatic N) is 4. The second kappa shape index (κ2) is 3.20. The van der Waals surface area contributed by atoms with Crippen molar-refractivity contribution in [2.45, 2.75) is 33.2 Å². The minimum atomic E-state index is -0.897. The van der Waals surface area contributed by atoms with Crippen LogP contribution in [0, 0.1) is 5.92 Å². The first-order valence-electron chi connectivity index (χ1n) is 5.31. The molecule has 16 heavy (non-hydrogen) atoms. The largest absolute Gasteiger partial charge is 0.480 e. The fraction of sp³-hybridized carbons (Fsp3) is 0.700. The molecule has 0 saturated carbocycles. The van der Waals surface area contributed by atoms with E-state index in [0.717, 1.165) is 11.7 Å². The Bertz CT molecular complexity index is 398. The van der Waals surface area contributed by atoms with Gasteiger partial charge in [-0.2, -0.15) is 10.2 Å². The molecule has 1 N–H and O–H groups in total. The van der Waals surface area contributed by atoms with Gasteiger partial charge < -0.3 is 5.11 Å². The zero-order chi connectivity index (χ0) is 12.1. The van der Waals surface area contributed by atoms with Gasteiger partial charge in [0.15, 0.2) is 5.84 Å². The molecule has 2 bridgehead atoms. The second-order valence-corrected chi connectivity index (χ2v) is 4.86. The number of hydrazone groups is 2. The Balaban J connectivity index is 2.30. The van der Waals surface area contributed by atoms with Gasteiger partial charge in [-0.3, -0.25) is 4.79 Å². The minimum Gasteiger partial charge on any atom is -0.480 e. The van der Waals surface area contributed by atoms with E-state index in [9.17, 15) is 4.79 Å². The summed E-state index contributed by atoms with van der Waals surface area (Å²) >= 11 is 0. The lowest BCUT2D eigenvalue weighted by Crippen LogP contribution is -2.68. The Morgan fingerprint density at radius 3 is 2.50 bits per heavy atom. The fourth-order valence-corrected chi connectivity index (χ4v) is 1.91. The van der Waals surface area contributed by atoms with Crippen LogP contribution in [0.4, 0.5) is 0 Å². The lowest BCUT2D eigenvalue weighted by atomic mass is 9.95. The van der Waals surface area contributed by atoms with E-state index in [0.29, 0.717) is 0 Å². The maximum Gasteiger partial charge on any atom is 0.325 e. The normalized spacial score (nSPS) is 21.6. The van der Waals surface area contributed by atoms with E-state index in [1.54, 1.807) is 0 Å². The van der Waals surface area contributed by atoms with Gasteiger partial charge in [0.25, 0.3) is 0 Å². The predicted octanol–water partition coefficient (Wildman–Crippen LogP) is 0.764. The first-order valence-corrected chi connectivity index (χ1v) is 5.31. The van der Waals surface area contributed by atoms with Crippen LogP contribution in [0.2, 0.25) is 0 Å². The third-order valence-corrected chi connectivity index (χ3v) is 2.76. The van der Waals surface area contributed by atoms with Crippen molar-refractivity contribution in [3.05, 3.63) is 0 Å². The van der Waals surface area contributed by atoms with Crippen molar-refractivity contribution in [1.82, 2.24) is 10.0 Å². The van der Waals surface area contributed by atoms with Gasteiger partial charge in [-0.25, -0.2) is 10.0 Å². The van der Waals surface area contributed by atoms with Crippen LogP contribution in [-0.2, 0) is 4.79 Å². The molecule has 0 atom stereocenters. The molecule has 6 heteroatoms. The van der Waals surface area contributed by atoms with Crippen LogP contribution >= 0.6 is 0 Å². The zero-order valence-electron chi connectivity index (χ0n) is 9.93. The first-order chi connectivity index (χ1) is 7.34. The van der Waals surface area contributed by atoms with Gasteiger partial charge in [-0.15, -0.1) is 0 Å². The summed E-state index contributed by atoms with van der Waals surface area (Å²) in [5.41, 5.74) is -0.239. The molecule has 3 aliphatic heterocycles. The zero-order valence-corrected chi connectivity index (χ0v) is 9.93. The molecule has 0 aromatic rings. The quantitative estimate of drug-likeness (QED) is 0.768. The highest BCUT2D eigenvalue weighted by atomic mass is 16.4. The highest BCUT2D eigenvalue weighted by Gasteiger charge is 2.50. The standard InChI is InChI=1S/C10H16N4O2/c1-6(2)8-11-13(5-7(15)16)9-10(3,4)14(8)12-9/h6H,5H2,1-4H3,(H,15,16). The highest BCUT2D eigenvalue weighted by molar-refractivity contribution is 6.05. The molecule has 0 aromatic carbocycles. The lowest BCUT2D eigenvalue weighted by Gasteiger charge is -2.52. The molecule has 0 amide bonds. The van der Waals surface area contributed by atoms with Crippen molar-refractivity contribution in [3.63, 3.8) is 0 Å². The van der Waals surface area contributed by atoms with Gasteiger partial charge in [-0.05, 0) is 13.8 Å². The minimum absolute atomic E-state index is 0.133. The molecule has 88 valence electrons. The number of fused-ring (bicyclic) bond motifs is 1. The van der Waals surface area contributed by atoms with Crippen molar-refractivity contribution in [1.29, 1.82) is 0 Å². The van der Waals surface area contributed by atoms with Crippen molar-refractivity contribution in [3.8, 4) is 0 Å². The molecule has 3 rings (SSSR count). The molecule has 6 nitrogen and oxygen atoms in total. The van der Waals surface area contributed by atoms with E-state index in [2.05, 4.69) is 10.2 Å². The Morgan fingerprint density at radius 2 is 2.06 bits per heavy atom. The summed E-state index contributed by atoms with van der Waals surface area (Å²) in [7, 11) is 0. The number of aliphatic carboxylic acids is 1. The highest BCUT2D eigenvalue weighted by Crippen LogP contribution is 2.35. The molecular formula is C10H16N4O2. The van der Waals surface area contributed by atoms with Crippen molar-refractivity contribution < 1.29 is 9.90 Å². The predicted molar refractivity (Wildman–Crippen MR) is 60.0 cm³/mol. The van der Waals surface area contributed by atoms with E-state index in [1.165, 1.54) is 5.01 Å². The molecule has 3 heterocycles. The van der Waals surface area contributed by atoms with Crippen LogP contribution < -0.4 is 0 Å². The maximum atomic E-state index is 10.7. The fourth-order valence-electron chi connectivity index (χ4n) is 1.91. The van der Waals surface area contributed by atoms with E-state index in [-0.39, 0.29) is 18.0 Å². The molecule has 0 aromatic heterocycles. The Kier molecular flexibility index (Phi) is 2.18. The summed E-state index contributed by atoms with van der Waals surface area (Å²) in [6.45, 7) is 7.94. The number of carbonyl (C=O) groups is 1. The second-order valence-electron chi connectivity index (χ2n) is 4.86. The van der Waals surface area contributed by atoms with Gasteiger partial charge in [0.05, 0.1) is 0 Å². The summed E-state index contributed by atoms with van der Waals surface area (Å²) in [5.74, 6) is 0.868. The van der Waals surface area contributed by atoms with Gasteiger partial charge in [0, 0.05) is 5.92 Å². The van der Waals surface area contributed by atoms with Crippen molar-refractivity contribution in [2.24, 2.45) is 16.1 Å². The summed E-state index contributed by atoms with van der Waals surface area (Å²) in [5, 5.41) is 20.8. The molecule has 0 radical (unpaired) electrons. The number of carboxylic acids is 1. The van der Waals surface area contributed by atoms with Gasteiger partial charge >= 0.3 is 5.97 Å². The number of hydrogen-bond acceptors (Lipinski definition) is 5. The number of carboxylic acid groups (broad SMARTS) is 1. The van der Waals surface area contributed by atoms with Crippen LogP contribution in [0.25, 0.3) is 0 Å². The van der Waals surface area contributed by atoms with Crippen LogP contribution in [0.1, 0.15) is 27.7 Å². The summed E-state index contributed by atoms with van der Waals surface area (Å²) in [4.78, 5) is 10.7. The lowest BCUT2D eigenvalue weighted by molar-refractivity contribution is -0.137. The maximum absolute atomic E-state index is 10.7. The van der Waals surface area contributed by atoms with E-state index in [4.69, 9.17) is 5.11 Å². The van der Waals surface area contributed by atoms with Gasteiger partial charge in [-0.1, -0.05) is 13.8 Å². The first kappa shape index (κ1) is 10.9. The molecule has 0 fully saturated rings. The summed E-state index contributed by atoms with van der Waals surface area (Å²) < 4.78 is 0. The van der Waals surface area contributed by atoms with E-state index < -0.39 is 5.97 Å².